The smallest absolute Gasteiger partial charge is 0.0936 e. The Morgan fingerprint density at radius 1 is 0.750 bits per heavy atom. The van der Waals surface area contributed by atoms with Crippen molar-refractivity contribution < 1.29 is 14.6 Å². The summed E-state index contributed by atoms with van der Waals surface area (Å²) in [7, 11) is 0. The van der Waals surface area contributed by atoms with Crippen molar-refractivity contribution in [3.05, 3.63) is 12.2 Å². The van der Waals surface area contributed by atoms with Gasteiger partial charge in [0.25, 0.3) is 0 Å². The van der Waals surface area contributed by atoms with Gasteiger partial charge in [-0.1, -0.05) is 83.3 Å². The summed E-state index contributed by atoms with van der Waals surface area (Å²) < 4.78 is 11.7. The minimum Gasteiger partial charge on any atom is -0.394 e. The first-order valence-corrected chi connectivity index (χ1v) is 14.0. The van der Waals surface area contributed by atoms with Gasteiger partial charge in [0, 0.05) is 13.2 Å². The molecule has 4 heteroatoms. The van der Waals surface area contributed by atoms with Crippen molar-refractivity contribution in [2.45, 2.75) is 122 Å². The van der Waals surface area contributed by atoms with E-state index in [0.717, 1.165) is 19.6 Å². The summed E-state index contributed by atoms with van der Waals surface area (Å²) in [6, 6.07) is 0. The lowest BCUT2D eigenvalue weighted by molar-refractivity contribution is -0.0444. The normalized spacial score (nSPS) is 16.2. The third kappa shape index (κ3) is 19.1. The summed E-state index contributed by atoms with van der Waals surface area (Å²) in [4.78, 5) is 2.48. The Bertz CT molecular complexity index is 396. The molecule has 0 saturated carbocycles. The zero-order valence-electron chi connectivity index (χ0n) is 21.4. The predicted molar refractivity (Wildman–Crippen MR) is 137 cm³/mol. The van der Waals surface area contributed by atoms with Crippen molar-refractivity contribution in [1.82, 2.24) is 4.90 Å². The summed E-state index contributed by atoms with van der Waals surface area (Å²) in [5, 5.41) is 9.07. The molecule has 0 aromatic rings. The number of ether oxygens (including phenoxy) is 2. The van der Waals surface area contributed by atoms with Gasteiger partial charge in [-0.15, -0.1) is 0 Å². The number of hydrogen-bond donors (Lipinski definition) is 1. The predicted octanol–water partition coefficient (Wildman–Crippen LogP) is 6.90. The fraction of sp³-hybridized carbons (Fsp3) is 0.929. The highest BCUT2D eigenvalue weighted by Gasteiger charge is 2.17. The number of hydrogen-bond acceptors (Lipinski definition) is 4. The minimum absolute atomic E-state index is 0.0887. The Labute approximate surface area is 200 Å². The monoisotopic (exact) mass is 453 g/mol. The van der Waals surface area contributed by atoms with Gasteiger partial charge >= 0.3 is 0 Å². The molecule has 1 aliphatic heterocycles. The quantitative estimate of drug-likeness (QED) is 0.135. The Kier molecular flexibility index (Phi) is 22.0. The Morgan fingerprint density at radius 2 is 1.34 bits per heavy atom. The number of likely N-dealkylation sites (tertiary alicyclic amines) is 1. The van der Waals surface area contributed by atoms with Crippen LogP contribution in [-0.4, -0.2) is 62.2 Å². The maximum Gasteiger partial charge on any atom is 0.0936 e. The van der Waals surface area contributed by atoms with Gasteiger partial charge in [0.2, 0.25) is 0 Å². The molecule has 0 radical (unpaired) electrons. The van der Waals surface area contributed by atoms with E-state index in [9.17, 15) is 0 Å². The third-order valence-corrected chi connectivity index (χ3v) is 6.46. The van der Waals surface area contributed by atoms with Crippen LogP contribution in [0.25, 0.3) is 0 Å². The van der Waals surface area contributed by atoms with Crippen molar-refractivity contribution in [3.8, 4) is 0 Å². The summed E-state index contributed by atoms with van der Waals surface area (Å²) in [6.45, 7) is 7.56. The summed E-state index contributed by atoms with van der Waals surface area (Å²) >= 11 is 0. The van der Waals surface area contributed by atoms with Gasteiger partial charge < -0.3 is 19.5 Å². The zero-order chi connectivity index (χ0) is 23.0. The van der Waals surface area contributed by atoms with Crippen LogP contribution in [0.4, 0.5) is 0 Å². The van der Waals surface area contributed by atoms with Gasteiger partial charge in [0.15, 0.2) is 0 Å². The molecule has 1 N–H and O–H groups in total. The van der Waals surface area contributed by atoms with E-state index in [1.54, 1.807) is 0 Å². The van der Waals surface area contributed by atoms with Crippen LogP contribution < -0.4 is 0 Å². The molecule has 190 valence electrons. The number of rotatable bonds is 23. The first kappa shape index (κ1) is 29.6. The van der Waals surface area contributed by atoms with Crippen molar-refractivity contribution in [3.63, 3.8) is 0 Å². The number of unbranched alkanes of at least 4 members (excludes halogenated alkanes) is 12. The lowest BCUT2D eigenvalue weighted by Gasteiger charge is -2.30. The summed E-state index contributed by atoms with van der Waals surface area (Å²) in [6.07, 6.45) is 27.5. The Balaban J connectivity index is 1.87. The van der Waals surface area contributed by atoms with Gasteiger partial charge in [-0.05, 0) is 58.0 Å². The highest BCUT2D eigenvalue weighted by atomic mass is 16.5. The van der Waals surface area contributed by atoms with E-state index >= 15 is 0 Å². The molecule has 4 nitrogen and oxygen atoms in total. The molecule has 0 spiro atoms. The molecule has 0 bridgehead atoms. The van der Waals surface area contributed by atoms with E-state index in [1.165, 1.54) is 116 Å². The first-order valence-electron chi connectivity index (χ1n) is 14.0. The highest BCUT2D eigenvalue weighted by molar-refractivity contribution is 4.81. The van der Waals surface area contributed by atoms with Crippen LogP contribution in [0.15, 0.2) is 12.2 Å². The van der Waals surface area contributed by atoms with Crippen LogP contribution in [0, 0.1) is 0 Å². The fourth-order valence-electron chi connectivity index (χ4n) is 4.47. The van der Waals surface area contributed by atoms with Gasteiger partial charge in [0.05, 0.1) is 25.9 Å². The number of aliphatic hydroxyl groups excluding tert-OH is 1. The highest BCUT2D eigenvalue weighted by Crippen LogP contribution is 2.12. The van der Waals surface area contributed by atoms with E-state index in [4.69, 9.17) is 14.6 Å². The molecule has 0 aromatic carbocycles. The molecule has 1 unspecified atom stereocenters. The number of aliphatic hydroxyl groups is 1. The summed E-state index contributed by atoms with van der Waals surface area (Å²) in [5.41, 5.74) is 0. The molecule has 1 fully saturated rings. The molecular formula is C28H55NO3. The van der Waals surface area contributed by atoms with Crippen molar-refractivity contribution in [1.29, 1.82) is 0 Å². The maximum absolute atomic E-state index is 9.07. The molecule has 1 aliphatic rings. The van der Waals surface area contributed by atoms with Gasteiger partial charge in [0.1, 0.15) is 0 Å². The molecule has 1 atom stereocenters. The standard InChI is InChI=1S/C28H55NO3/c1-2-3-4-5-6-7-8-9-10-11-12-13-14-15-16-20-24-31-27-28(32-25-23-30)26-29-21-18-17-19-22-29/h9-10,28,30H,2-8,11-27H2,1H3/b10-9-. The van der Waals surface area contributed by atoms with Crippen molar-refractivity contribution in [2.75, 3.05) is 46.1 Å². The van der Waals surface area contributed by atoms with E-state index in [2.05, 4.69) is 24.0 Å². The van der Waals surface area contributed by atoms with E-state index < -0.39 is 0 Å². The van der Waals surface area contributed by atoms with Crippen LogP contribution in [-0.2, 0) is 9.47 Å². The molecule has 1 saturated heterocycles. The lowest BCUT2D eigenvalue weighted by Crippen LogP contribution is -2.40. The zero-order valence-corrected chi connectivity index (χ0v) is 21.4. The van der Waals surface area contributed by atoms with Crippen molar-refractivity contribution >= 4 is 0 Å². The van der Waals surface area contributed by atoms with Crippen LogP contribution >= 0.6 is 0 Å². The Hall–Kier alpha value is -0.420. The third-order valence-electron chi connectivity index (χ3n) is 6.46. The maximum atomic E-state index is 9.07. The second-order valence-corrected chi connectivity index (χ2v) is 9.59. The van der Waals surface area contributed by atoms with Crippen LogP contribution in [0.1, 0.15) is 116 Å². The number of piperidine rings is 1. The second-order valence-electron chi connectivity index (χ2n) is 9.59. The van der Waals surface area contributed by atoms with E-state index in [1.807, 2.05) is 0 Å². The second kappa shape index (κ2) is 23.7. The molecule has 0 aromatic heterocycles. The van der Waals surface area contributed by atoms with Crippen LogP contribution in [0.5, 0.6) is 0 Å². The average molecular weight is 454 g/mol. The molecule has 0 aliphatic carbocycles. The van der Waals surface area contributed by atoms with Crippen LogP contribution in [0.3, 0.4) is 0 Å². The summed E-state index contributed by atoms with van der Waals surface area (Å²) in [5.74, 6) is 0. The van der Waals surface area contributed by atoms with Crippen LogP contribution in [0.2, 0.25) is 0 Å². The first-order chi connectivity index (χ1) is 15.9. The SMILES string of the molecule is CCCCCCCC/C=C\CCCCCCCCOCC(CN1CCCCC1)OCCO. The fourth-order valence-corrected chi connectivity index (χ4v) is 4.47. The van der Waals surface area contributed by atoms with Gasteiger partial charge in [-0.25, -0.2) is 0 Å². The average Bonchev–Trinajstić information content (AvgIpc) is 2.82. The lowest BCUT2D eigenvalue weighted by atomic mass is 10.1. The van der Waals surface area contributed by atoms with E-state index in [-0.39, 0.29) is 12.7 Å². The van der Waals surface area contributed by atoms with Gasteiger partial charge in [-0.2, -0.15) is 0 Å². The largest absolute Gasteiger partial charge is 0.394 e. The topological polar surface area (TPSA) is 41.9 Å². The number of nitrogens with zero attached hydrogens (tertiary/aromatic N) is 1. The Morgan fingerprint density at radius 3 is 1.97 bits per heavy atom. The van der Waals surface area contributed by atoms with Crippen molar-refractivity contribution in [2.24, 2.45) is 0 Å². The molecule has 32 heavy (non-hydrogen) atoms. The molecule has 1 heterocycles. The molecular weight excluding hydrogens is 398 g/mol. The molecule has 1 rings (SSSR count). The van der Waals surface area contributed by atoms with Gasteiger partial charge in [-0.3, -0.25) is 0 Å². The number of allylic oxidation sites excluding steroid dienone is 2. The minimum atomic E-state index is 0.0887. The van der Waals surface area contributed by atoms with E-state index in [0.29, 0.717) is 13.2 Å². The molecule has 0 amide bonds.